The third kappa shape index (κ3) is 5.51. The molecule has 2 N–H and O–H groups in total. The van der Waals surface area contributed by atoms with Gasteiger partial charge in [0.1, 0.15) is 17.9 Å². The van der Waals surface area contributed by atoms with Gasteiger partial charge in [-0.05, 0) is 63.8 Å². The molecule has 5 rings (SSSR count). The molecule has 2 saturated heterocycles. The van der Waals surface area contributed by atoms with Crippen LogP contribution in [0.5, 0.6) is 0 Å². The molecule has 12 heteroatoms. The zero-order valence-corrected chi connectivity index (χ0v) is 21.4. The molecule has 0 radical (unpaired) electrons. The highest BCUT2D eigenvalue weighted by atomic mass is 35.5. The van der Waals surface area contributed by atoms with Crippen LogP contribution in [0.4, 0.5) is 18.9 Å². The quantitative estimate of drug-likeness (QED) is 0.568. The van der Waals surface area contributed by atoms with Gasteiger partial charge in [0.2, 0.25) is 0 Å². The first-order valence-corrected chi connectivity index (χ1v) is 12.6. The van der Waals surface area contributed by atoms with E-state index in [-0.39, 0.29) is 23.5 Å². The van der Waals surface area contributed by atoms with Crippen molar-refractivity contribution in [2.75, 3.05) is 12.4 Å². The van der Waals surface area contributed by atoms with Crippen LogP contribution in [0, 0.1) is 0 Å². The smallest absolute Gasteiger partial charge is 0.382 e. The summed E-state index contributed by atoms with van der Waals surface area (Å²) in [4.78, 5) is 16.8. The standard InChI is InChI=1S/C25H29ClF3N3O5/c1-24(2)36-19-20(35-23(34-3)21(19)37-24)22(33)31-14-7-5-13(6-8-14)30-17-11-18(25(27,28)29)32-16-9-4-12(26)10-15(16)17/h4,9-11,13-14,19-21,23H,5-8H2,1-3H3,(H,30,32)(H,31,33). The maximum Gasteiger partial charge on any atom is 0.433 e. The van der Waals surface area contributed by atoms with Gasteiger partial charge in [0.15, 0.2) is 18.2 Å². The molecular formula is C25H29ClF3N3O5. The Kier molecular flexibility index (Phi) is 7.03. The van der Waals surface area contributed by atoms with Gasteiger partial charge < -0.3 is 29.6 Å². The van der Waals surface area contributed by atoms with Crippen molar-refractivity contribution < 1.29 is 36.9 Å². The minimum atomic E-state index is -4.57. The molecular weight excluding hydrogens is 515 g/mol. The van der Waals surface area contributed by atoms with Crippen LogP contribution in [-0.2, 0) is 29.9 Å². The van der Waals surface area contributed by atoms with E-state index < -0.39 is 42.3 Å². The van der Waals surface area contributed by atoms with Crippen molar-refractivity contribution in [3.63, 3.8) is 0 Å². The summed E-state index contributed by atoms with van der Waals surface area (Å²) in [6.45, 7) is 3.55. The van der Waals surface area contributed by atoms with Crippen molar-refractivity contribution in [2.45, 2.75) is 88.2 Å². The highest BCUT2D eigenvalue weighted by molar-refractivity contribution is 6.31. The summed E-state index contributed by atoms with van der Waals surface area (Å²) in [5, 5.41) is 7.23. The number of anilines is 1. The molecule has 3 heterocycles. The zero-order valence-electron chi connectivity index (χ0n) is 20.6. The summed E-state index contributed by atoms with van der Waals surface area (Å²) < 4.78 is 63.1. The molecule has 1 saturated carbocycles. The number of aromatic nitrogens is 1. The van der Waals surface area contributed by atoms with E-state index in [1.54, 1.807) is 19.9 Å². The Hall–Kier alpha value is -2.18. The number of fused-ring (bicyclic) bond motifs is 2. The molecule has 37 heavy (non-hydrogen) atoms. The van der Waals surface area contributed by atoms with Crippen LogP contribution in [0.3, 0.4) is 0 Å². The number of nitrogens with one attached hydrogen (secondary N) is 2. The van der Waals surface area contributed by atoms with Crippen molar-refractivity contribution in [1.29, 1.82) is 0 Å². The topological polar surface area (TPSA) is 90.9 Å². The van der Waals surface area contributed by atoms with Crippen molar-refractivity contribution >= 4 is 34.1 Å². The molecule has 0 spiro atoms. The molecule has 0 bridgehead atoms. The van der Waals surface area contributed by atoms with E-state index in [0.717, 1.165) is 6.07 Å². The lowest BCUT2D eigenvalue weighted by atomic mass is 9.90. The van der Waals surface area contributed by atoms with Crippen molar-refractivity contribution in [1.82, 2.24) is 10.3 Å². The van der Waals surface area contributed by atoms with Gasteiger partial charge in [-0.25, -0.2) is 4.98 Å². The van der Waals surface area contributed by atoms with Crippen LogP contribution in [0.1, 0.15) is 45.2 Å². The van der Waals surface area contributed by atoms with Gasteiger partial charge >= 0.3 is 6.18 Å². The van der Waals surface area contributed by atoms with Gasteiger partial charge in [-0.15, -0.1) is 0 Å². The van der Waals surface area contributed by atoms with E-state index in [9.17, 15) is 18.0 Å². The SMILES string of the molecule is COC1OC(C(=O)NC2CCC(Nc3cc(C(F)(F)F)nc4ccc(Cl)cc34)CC2)C2OC(C)(C)OC12. The Morgan fingerprint density at radius 3 is 2.46 bits per heavy atom. The van der Waals surface area contributed by atoms with Gasteiger partial charge in [-0.1, -0.05) is 11.6 Å². The van der Waals surface area contributed by atoms with E-state index in [2.05, 4.69) is 15.6 Å². The average molecular weight is 544 g/mol. The van der Waals surface area contributed by atoms with Crippen LogP contribution in [-0.4, -0.2) is 60.5 Å². The van der Waals surface area contributed by atoms with Crippen LogP contribution < -0.4 is 10.6 Å². The molecule has 1 aliphatic carbocycles. The van der Waals surface area contributed by atoms with E-state index in [1.807, 2.05) is 0 Å². The number of pyridine rings is 1. The van der Waals surface area contributed by atoms with Crippen LogP contribution in [0.25, 0.3) is 10.9 Å². The fraction of sp³-hybridized carbons (Fsp3) is 0.600. The summed E-state index contributed by atoms with van der Waals surface area (Å²) in [5.41, 5.74) is -0.409. The van der Waals surface area contributed by atoms with Gasteiger partial charge in [-0.3, -0.25) is 4.79 Å². The minimum absolute atomic E-state index is 0.0730. The Bertz CT molecular complexity index is 1170. The van der Waals surface area contributed by atoms with Crippen LogP contribution in [0.2, 0.25) is 5.02 Å². The molecule has 1 aromatic heterocycles. The number of carbonyl (C=O) groups is 1. The number of methoxy groups -OCH3 is 1. The number of amides is 1. The Balaban J connectivity index is 1.22. The Labute approximate surface area is 217 Å². The van der Waals surface area contributed by atoms with E-state index in [1.165, 1.54) is 19.2 Å². The second-order valence-electron chi connectivity index (χ2n) is 10.1. The van der Waals surface area contributed by atoms with Crippen molar-refractivity contribution in [3.05, 3.63) is 35.0 Å². The highest BCUT2D eigenvalue weighted by Gasteiger charge is 2.58. The maximum absolute atomic E-state index is 13.4. The second-order valence-corrected chi connectivity index (χ2v) is 10.6. The number of hydrogen-bond donors (Lipinski definition) is 2. The predicted molar refractivity (Wildman–Crippen MR) is 129 cm³/mol. The monoisotopic (exact) mass is 543 g/mol. The molecule has 3 fully saturated rings. The third-order valence-corrected chi connectivity index (χ3v) is 7.23. The first-order valence-electron chi connectivity index (χ1n) is 12.2. The molecule has 4 unspecified atom stereocenters. The van der Waals surface area contributed by atoms with Gasteiger partial charge in [0, 0.05) is 35.3 Å². The van der Waals surface area contributed by atoms with Crippen molar-refractivity contribution in [2.24, 2.45) is 0 Å². The first kappa shape index (κ1) is 26.4. The number of benzene rings is 1. The first-order chi connectivity index (χ1) is 17.4. The lowest BCUT2D eigenvalue weighted by Gasteiger charge is -2.31. The Morgan fingerprint density at radius 1 is 1.11 bits per heavy atom. The Morgan fingerprint density at radius 2 is 1.78 bits per heavy atom. The number of ether oxygens (including phenoxy) is 4. The zero-order chi connectivity index (χ0) is 26.5. The summed E-state index contributed by atoms with van der Waals surface area (Å²) in [7, 11) is 1.49. The molecule has 202 valence electrons. The number of carbonyl (C=O) groups excluding carboxylic acids is 1. The fourth-order valence-corrected chi connectivity index (χ4v) is 5.48. The normalized spacial score (nSPS) is 31.3. The van der Waals surface area contributed by atoms with E-state index >= 15 is 0 Å². The third-order valence-electron chi connectivity index (χ3n) is 7.00. The summed E-state index contributed by atoms with van der Waals surface area (Å²) >= 11 is 6.10. The lowest BCUT2D eigenvalue weighted by molar-refractivity contribution is -0.226. The van der Waals surface area contributed by atoms with Gasteiger partial charge in [0.25, 0.3) is 5.91 Å². The summed E-state index contributed by atoms with van der Waals surface area (Å²) in [5.74, 6) is -1.14. The maximum atomic E-state index is 13.4. The van der Waals surface area contributed by atoms with Crippen LogP contribution in [0.15, 0.2) is 24.3 Å². The number of nitrogens with zero attached hydrogens (tertiary/aromatic N) is 1. The molecule has 1 amide bonds. The molecule has 4 atom stereocenters. The molecule has 3 aliphatic rings. The largest absolute Gasteiger partial charge is 0.433 e. The van der Waals surface area contributed by atoms with Gasteiger partial charge in [0.05, 0.1) is 5.52 Å². The minimum Gasteiger partial charge on any atom is -0.382 e. The van der Waals surface area contributed by atoms with E-state index in [0.29, 0.717) is 41.8 Å². The lowest BCUT2D eigenvalue weighted by Crippen LogP contribution is -2.48. The number of hydrogen-bond acceptors (Lipinski definition) is 7. The number of halogens is 4. The summed E-state index contributed by atoms with van der Waals surface area (Å²) in [6, 6.07) is 5.46. The second kappa shape index (κ2) is 9.85. The molecule has 1 aromatic carbocycles. The fourth-order valence-electron chi connectivity index (χ4n) is 5.31. The number of rotatable bonds is 5. The van der Waals surface area contributed by atoms with E-state index in [4.69, 9.17) is 30.5 Å². The molecule has 2 aromatic rings. The predicted octanol–water partition coefficient (Wildman–Crippen LogP) is 4.64. The number of alkyl halides is 3. The molecule has 2 aliphatic heterocycles. The van der Waals surface area contributed by atoms with Gasteiger partial charge in [-0.2, -0.15) is 13.2 Å². The molecule has 8 nitrogen and oxygen atoms in total. The van der Waals surface area contributed by atoms with Crippen LogP contribution >= 0.6 is 11.6 Å². The highest BCUT2D eigenvalue weighted by Crippen LogP contribution is 2.39. The summed E-state index contributed by atoms with van der Waals surface area (Å²) in [6.07, 6.45) is -4.60. The average Bonchev–Trinajstić information content (AvgIpc) is 3.32. The van der Waals surface area contributed by atoms with Crippen molar-refractivity contribution in [3.8, 4) is 0 Å².